The Hall–Kier alpha value is -0.870. The van der Waals surface area contributed by atoms with Crippen molar-refractivity contribution < 1.29 is 14.6 Å². The minimum Gasteiger partial charge on any atom is -0.466 e. The molecule has 0 amide bonds. The Balaban J connectivity index is 1.38. The number of hydrogen-bond donors (Lipinski definition) is 1. The summed E-state index contributed by atoms with van der Waals surface area (Å²) in [7, 11) is 0. The number of ether oxygens (including phenoxy) is 1. The number of carbonyl (C=O) groups excluding carboxylic acids is 1. The number of aliphatic hydroxyl groups is 1. The molecule has 0 bridgehead atoms. The molecule has 4 heteroatoms. The van der Waals surface area contributed by atoms with Gasteiger partial charge in [0.25, 0.3) is 0 Å². The summed E-state index contributed by atoms with van der Waals surface area (Å²) in [5, 5.41) is 10.1. The Morgan fingerprint density at radius 2 is 1.91 bits per heavy atom. The third-order valence-corrected chi connectivity index (χ3v) is 9.36. The molecule has 0 radical (unpaired) electrons. The molecule has 4 nitrogen and oxygen atoms in total. The van der Waals surface area contributed by atoms with Gasteiger partial charge in [0.15, 0.2) is 0 Å². The van der Waals surface area contributed by atoms with Crippen LogP contribution < -0.4 is 0 Å². The number of rotatable bonds is 12. The summed E-state index contributed by atoms with van der Waals surface area (Å²) < 4.78 is 5.55. The number of hydrogen-bond acceptors (Lipinski definition) is 4. The molecule has 2 fully saturated rings. The second kappa shape index (κ2) is 12.2. The summed E-state index contributed by atoms with van der Waals surface area (Å²) in [6.45, 7) is 14.0. The molecule has 0 aromatic carbocycles. The maximum Gasteiger partial charge on any atom is 0.306 e. The Morgan fingerprint density at radius 1 is 1.15 bits per heavy atom. The molecule has 1 aliphatic heterocycles. The van der Waals surface area contributed by atoms with Crippen LogP contribution in [0.1, 0.15) is 105 Å². The lowest BCUT2D eigenvalue weighted by molar-refractivity contribution is -0.144. The van der Waals surface area contributed by atoms with Gasteiger partial charge in [0, 0.05) is 6.42 Å². The molecule has 0 aromatic rings. The zero-order valence-electron chi connectivity index (χ0n) is 22.0. The van der Waals surface area contributed by atoms with E-state index in [1.807, 2.05) is 0 Å². The Morgan fingerprint density at radius 3 is 2.64 bits per heavy atom. The van der Waals surface area contributed by atoms with E-state index < -0.39 is 0 Å². The highest BCUT2D eigenvalue weighted by atomic mass is 16.5. The topological polar surface area (TPSA) is 49.8 Å². The summed E-state index contributed by atoms with van der Waals surface area (Å²) in [4.78, 5) is 14.9. The van der Waals surface area contributed by atoms with E-state index in [1.165, 1.54) is 63.7 Å². The number of fused-ring (bicyclic) bond motifs is 1. The van der Waals surface area contributed by atoms with E-state index in [-0.39, 0.29) is 18.0 Å². The predicted octanol–water partition coefficient (Wildman–Crippen LogP) is 6.37. The summed E-state index contributed by atoms with van der Waals surface area (Å²) in [6.07, 6.45) is 16.0. The van der Waals surface area contributed by atoms with Crippen LogP contribution in [0.2, 0.25) is 0 Å². The van der Waals surface area contributed by atoms with Gasteiger partial charge in [-0.05, 0) is 118 Å². The largest absolute Gasteiger partial charge is 0.466 e. The highest BCUT2D eigenvalue weighted by molar-refractivity contribution is 5.69. The number of allylic oxidation sites excluding steroid dienone is 1. The minimum atomic E-state index is -0.0356. The lowest BCUT2D eigenvalue weighted by atomic mass is 9.48. The van der Waals surface area contributed by atoms with Crippen LogP contribution in [-0.2, 0) is 9.53 Å². The fourth-order valence-corrected chi connectivity index (χ4v) is 7.40. The van der Waals surface area contributed by atoms with Gasteiger partial charge in [-0.15, -0.1) is 0 Å². The molecule has 1 N–H and O–H groups in total. The molecule has 2 aliphatic carbocycles. The van der Waals surface area contributed by atoms with Crippen molar-refractivity contribution in [2.24, 2.45) is 28.6 Å². The molecule has 1 heterocycles. The molecule has 0 spiro atoms. The van der Waals surface area contributed by atoms with Crippen molar-refractivity contribution in [2.45, 2.75) is 105 Å². The number of aliphatic hydroxyl groups excluding tert-OH is 1. The monoisotopic (exact) mass is 461 g/mol. The van der Waals surface area contributed by atoms with E-state index in [2.05, 4.69) is 38.7 Å². The van der Waals surface area contributed by atoms with E-state index >= 15 is 0 Å². The lowest BCUT2D eigenvalue weighted by Gasteiger charge is -2.57. The van der Waals surface area contributed by atoms with Crippen molar-refractivity contribution in [3.8, 4) is 0 Å². The third kappa shape index (κ3) is 7.07. The van der Waals surface area contributed by atoms with Gasteiger partial charge in [0.1, 0.15) is 0 Å². The van der Waals surface area contributed by atoms with E-state index in [1.54, 1.807) is 0 Å². The van der Waals surface area contributed by atoms with Crippen LogP contribution in [0, 0.1) is 28.6 Å². The van der Waals surface area contributed by atoms with Crippen LogP contribution in [0.3, 0.4) is 0 Å². The van der Waals surface area contributed by atoms with Crippen LogP contribution in [0.5, 0.6) is 0 Å². The van der Waals surface area contributed by atoms with Crippen molar-refractivity contribution >= 4 is 5.97 Å². The standard InChI is InChI=1S/C29H51NO3/c1-23(21-27(32)33-20-9-5-6-17-30-18-7-8-19-30)11-13-25-24(22-31)12-14-26-28(2,3)15-10-16-29(25,26)4/h12,23,25-26,31H,5-11,13-22H2,1-4H3/t23-,25-,26-,29+/m0/s1. The van der Waals surface area contributed by atoms with Gasteiger partial charge in [0.2, 0.25) is 0 Å². The molecule has 1 saturated carbocycles. The highest BCUT2D eigenvalue weighted by Crippen LogP contribution is 2.60. The van der Waals surface area contributed by atoms with Crippen LogP contribution in [0.25, 0.3) is 0 Å². The molecule has 4 atom stereocenters. The van der Waals surface area contributed by atoms with Crippen LogP contribution in [-0.4, -0.2) is 48.8 Å². The first-order chi connectivity index (χ1) is 15.8. The number of likely N-dealkylation sites (tertiary alicyclic amines) is 1. The number of esters is 1. The predicted molar refractivity (Wildman–Crippen MR) is 136 cm³/mol. The van der Waals surface area contributed by atoms with E-state index in [0.717, 1.165) is 32.1 Å². The molecule has 33 heavy (non-hydrogen) atoms. The maximum atomic E-state index is 12.4. The van der Waals surface area contributed by atoms with Gasteiger partial charge < -0.3 is 14.7 Å². The second-order valence-electron chi connectivity index (χ2n) is 12.3. The van der Waals surface area contributed by atoms with E-state index in [9.17, 15) is 9.90 Å². The Labute approximate surface area is 203 Å². The molecule has 1 saturated heterocycles. The van der Waals surface area contributed by atoms with Crippen LogP contribution in [0.15, 0.2) is 11.6 Å². The van der Waals surface area contributed by atoms with Crippen molar-refractivity contribution in [3.05, 3.63) is 11.6 Å². The number of nitrogens with zero attached hydrogens (tertiary/aromatic N) is 1. The van der Waals surface area contributed by atoms with Gasteiger partial charge >= 0.3 is 5.97 Å². The Kier molecular flexibility index (Phi) is 9.88. The maximum absolute atomic E-state index is 12.4. The molecule has 0 aromatic heterocycles. The second-order valence-corrected chi connectivity index (χ2v) is 12.3. The minimum absolute atomic E-state index is 0.0356. The average Bonchev–Trinajstić information content (AvgIpc) is 3.27. The third-order valence-electron chi connectivity index (χ3n) is 9.36. The van der Waals surface area contributed by atoms with Gasteiger partial charge in [-0.3, -0.25) is 4.79 Å². The first-order valence-electron chi connectivity index (χ1n) is 13.9. The van der Waals surface area contributed by atoms with Gasteiger partial charge in [-0.25, -0.2) is 0 Å². The fourth-order valence-electron chi connectivity index (χ4n) is 7.40. The average molecular weight is 462 g/mol. The fraction of sp³-hybridized carbons (Fsp3) is 0.897. The molecular weight excluding hydrogens is 410 g/mol. The SMILES string of the molecule is C[C@@H](CC[C@H]1C(CO)=CC[C@H]2C(C)(C)CCC[C@]12C)CC(=O)OCCCCCN1CCCC1. The summed E-state index contributed by atoms with van der Waals surface area (Å²) in [5.74, 6) is 1.42. The Bertz CT molecular complexity index is 651. The highest BCUT2D eigenvalue weighted by Gasteiger charge is 2.52. The van der Waals surface area contributed by atoms with E-state index in [0.29, 0.717) is 36.2 Å². The number of carbonyl (C=O) groups is 1. The summed E-state index contributed by atoms with van der Waals surface area (Å²) >= 11 is 0. The first kappa shape index (κ1) is 26.7. The van der Waals surface area contributed by atoms with Gasteiger partial charge in [-0.2, -0.15) is 0 Å². The lowest BCUT2D eigenvalue weighted by Crippen LogP contribution is -2.49. The number of unbranched alkanes of at least 4 members (excludes halogenated alkanes) is 2. The van der Waals surface area contributed by atoms with Crippen molar-refractivity contribution in [3.63, 3.8) is 0 Å². The van der Waals surface area contributed by atoms with Crippen LogP contribution in [0.4, 0.5) is 0 Å². The molecule has 190 valence electrons. The molecule has 0 unspecified atom stereocenters. The molecule has 3 rings (SSSR count). The van der Waals surface area contributed by atoms with Gasteiger partial charge in [-0.1, -0.05) is 40.2 Å². The van der Waals surface area contributed by atoms with Gasteiger partial charge in [0.05, 0.1) is 13.2 Å². The van der Waals surface area contributed by atoms with Crippen molar-refractivity contribution in [1.29, 1.82) is 0 Å². The van der Waals surface area contributed by atoms with Crippen LogP contribution >= 0.6 is 0 Å². The summed E-state index contributed by atoms with van der Waals surface area (Å²) in [5.41, 5.74) is 1.88. The zero-order valence-corrected chi connectivity index (χ0v) is 22.0. The molecular formula is C29H51NO3. The van der Waals surface area contributed by atoms with E-state index in [4.69, 9.17) is 4.74 Å². The normalized spacial score (nSPS) is 30.5. The summed E-state index contributed by atoms with van der Waals surface area (Å²) in [6, 6.07) is 0. The zero-order chi connectivity index (χ0) is 23.9. The smallest absolute Gasteiger partial charge is 0.306 e. The molecule has 3 aliphatic rings. The van der Waals surface area contributed by atoms with Crippen molar-refractivity contribution in [1.82, 2.24) is 4.90 Å². The quantitative estimate of drug-likeness (QED) is 0.208. The first-order valence-corrected chi connectivity index (χ1v) is 13.9. The van der Waals surface area contributed by atoms with Crippen molar-refractivity contribution in [2.75, 3.05) is 32.8 Å².